The number of para-hydroxylation sites is 2. The predicted molar refractivity (Wildman–Crippen MR) is 553 cm³/mol. The molecule has 0 saturated heterocycles. The van der Waals surface area contributed by atoms with Crippen LogP contribution in [0.15, 0.2) is 461 Å². The molecule has 134 heavy (non-hydrogen) atoms. The van der Waals surface area contributed by atoms with Crippen LogP contribution in [0.2, 0.25) is 0 Å². The lowest BCUT2D eigenvalue weighted by Gasteiger charge is -2.27. The van der Waals surface area contributed by atoms with E-state index in [1.807, 2.05) is 91.0 Å². The van der Waals surface area contributed by atoms with Crippen LogP contribution in [-0.2, 0) is 0 Å². The molecule has 24 rings (SSSR count). The number of hydrogen-bond donors (Lipinski definition) is 0. The van der Waals surface area contributed by atoms with E-state index in [1.54, 1.807) is 0 Å². The van der Waals surface area contributed by atoms with Gasteiger partial charge in [0.15, 0.2) is 0 Å². The van der Waals surface area contributed by atoms with Crippen molar-refractivity contribution in [2.45, 2.75) is 0 Å². The van der Waals surface area contributed by atoms with Crippen LogP contribution >= 0.6 is 0 Å². The summed E-state index contributed by atoms with van der Waals surface area (Å²) in [5.74, 6) is 0. The summed E-state index contributed by atoms with van der Waals surface area (Å²) >= 11 is 0. The number of anilines is 6. The lowest BCUT2D eigenvalue weighted by Crippen LogP contribution is -2.10. The zero-order valence-electron chi connectivity index (χ0n) is 72.6. The Balaban J connectivity index is 0.613. The minimum atomic E-state index is 0.506. The first-order valence-corrected chi connectivity index (χ1v) is 45.1. The van der Waals surface area contributed by atoms with E-state index in [-0.39, 0.29) is 0 Å². The molecule has 0 aliphatic heterocycles. The van der Waals surface area contributed by atoms with E-state index in [2.05, 4.69) is 404 Å². The summed E-state index contributed by atoms with van der Waals surface area (Å²) in [6, 6.07) is 173. The number of rotatable bonds is 17. The molecule has 0 aromatic heterocycles. The fourth-order valence-electron chi connectivity index (χ4n) is 21.1. The Morgan fingerprint density at radius 1 is 0.142 bits per heavy atom. The second-order valence-electron chi connectivity index (χ2n) is 34.4. The van der Waals surface area contributed by atoms with Crippen LogP contribution in [0.1, 0.15) is 22.3 Å². The standard InChI is InChI=1S/C128H76N6/c129-77-81-27-23-38-89(67-81)94-70-95(90-39-24-28-82(68-90)78-130)73-103(72-94)133(99-40-15-5-16-41-99)101-57-51-83(52-58-101)108-64-66-117-124-110(108)48-26-50-115(124)126-122(88-35-13-4-14-36-88)118-76-92(56-62-113(118)121(128(117)126)87-33-11-3-12-34-87)91-55-61-106(98(69-91)80-132)97-71-96(105-44-20-19-37-93(105)79-131)74-104(75-97)134(100-42-17-6-18-43-100)102-59-53-84(54-60-102)107-63-65-116-123-109(107)47-25-49-114(123)125-119(85-29-7-1-8-30-85)111-45-21-22-46-112(111)120(127(116)125)86-31-9-2-10-32-86/h1-76H. The van der Waals surface area contributed by atoms with E-state index < -0.39 is 0 Å². The lowest BCUT2D eigenvalue weighted by molar-refractivity contribution is 1.28. The molecule has 2 aliphatic rings. The van der Waals surface area contributed by atoms with Crippen LogP contribution in [0.5, 0.6) is 0 Å². The Bertz CT molecular complexity index is 8580. The Kier molecular flexibility index (Phi) is 19.4. The highest BCUT2D eigenvalue weighted by molar-refractivity contribution is 6.31. The molecule has 0 atom stereocenters. The van der Waals surface area contributed by atoms with Gasteiger partial charge in [-0.25, -0.2) is 0 Å². The maximum absolute atomic E-state index is 11.8. The molecule has 6 heteroatoms. The molecule has 0 N–H and O–H groups in total. The molecule has 0 spiro atoms. The van der Waals surface area contributed by atoms with Crippen molar-refractivity contribution in [1.82, 2.24) is 0 Å². The highest BCUT2D eigenvalue weighted by Crippen LogP contribution is 2.62. The van der Waals surface area contributed by atoms with Crippen LogP contribution in [0.3, 0.4) is 0 Å². The third kappa shape index (κ3) is 13.4. The molecule has 2 aliphatic carbocycles. The van der Waals surface area contributed by atoms with Crippen LogP contribution < -0.4 is 9.80 Å². The van der Waals surface area contributed by atoms with Gasteiger partial charge < -0.3 is 9.80 Å². The average Bonchev–Trinajstić information content (AvgIpc) is 1.53. The molecule has 0 amide bonds. The minimum absolute atomic E-state index is 0.506. The van der Waals surface area contributed by atoms with Gasteiger partial charge in [0.05, 0.1) is 46.5 Å². The summed E-state index contributed by atoms with van der Waals surface area (Å²) in [4.78, 5) is 4.56. The van der Waals surface area contributed by atoms with Gasteiger partial charge in [-0.3, -0.25) is 0 Å². The van der Waals surface area contributed by atoms with E-state index in [0.717, 1.165) is 156 Å². The molecular formula is C128H76N6. The molecule has 0 saturated carbocycles. The van der Waals surface area contributed by atoms with Crippen molar-refractivity contribution in [1.29, 1.82) is 21.0 Å². The Morgan fingerprint density at radius 2 is 0.440 bits per heavy atom. The SMILES string of the molecule is N#Cc1cccc(-c2cc(-c3cccc(C#N)c3)cc(N(c3ccccc3)c3ccc(-c4ccc5c6c(cccc46)-c4c-5c(-c5ccccc5)c5ccc(-c6ccc(-c7cc(-c8ccccc8C#N)cc(N(c8ccccc8)c8ccc(-c9ccc%10c%11c(cccc9%11)-c9c-%10c(-c%10ccccc%10)c%10ccccc%10c9-c9ccccc9)cc8)c7)c(C#N)c6)cc5c4-c4ccccc4)cc3)c2)c1. The number of hydrogen-bond acceptors (Lipinski definition) is 6. The van der Waals surface area contributed by atoms with Gasteiger partial charge in [0.25, 0.3) is 0 Å². The summed E-state index contributed by atoms with van der Waals surface area (Å²) in [7, 11) is 0. The smallest absolute Gasteiger partial charge is 0.0998 e. The summed E-state index contributed by atoms with van der Waals surface area (Å²) < 4.78 is 0. The Morgan fingerprint density at radius 3 is 0.881 bits per heavy atom. The van der Waals surface area contributed by atoms with Gasteiger partial charge in [0.2, 0.25) is 0 Å². The normalized spacial score (nSPS) is 11.4. The lowest BCUT2D eigenvalue weighted by atomic mass is 9.81. The van der Waals surface area contributed by atoms with Crippen molar-refractivity contribution in [3.8, 4) is 191 Å². The fraction of sp³-hybridized carbons (Fsp3) is 0. The second kappa shape index (κ2) is 32.9. The van der Waals surface area contributed by atoms with Gasteiger partial charge in [-0.05, 0) is 337 Å². The van der Waals surface area contributed by atoms with E-state index in [4.69, 9.17) is 0 Å². The van der Waals surface area contributed by atoms with Gasteiger partial charge in [0, 0.05) is 34.1 Å². The highest BCUT2D eigenvalue weighted by atomic mass is 15.1. The van der Waals surface area contributed by atoms with Crippen LogP contribution in [0.25, 0.3) is 210 Å². The van der Waals surface area contributed by atoms with Crippen molar-refractivity contribution in [2.24, 2.45) is 0 Å². The number of fused-ring (bicyclic) bond motifs is 8. The quantitative estimate of drug-likeness (QED) is 0.0900. The van der Waals surface area contributed by atoms with Gasteiger partial charge in [-0.15, -0.1) is 0 Å². The van der Waals surface area contributed by atoms with Gasteiger partial charge >= 0.3 is 0 Å². The summed E-state index contributed by atoms with van der Waals surface area (Å²) in [5, 5.41) is 52.2. The maximum atomic E-state index is 11.8. The maximum Gasteiger partial charge on any atom is 0.0998 e. The molecule has 0 heterocycles. The third-order valence-electron chi connectivity index (χ3n) is 27.0. The molecule has 0 fully saturated rings. The molecule has 22 aromatic carbocycles. The average molecular weight is 1700 g/mol. The molecule has 0 radical (unpaired) electrons. The first-order valence-electron chi connectivity index (χ1n) is 45.1. The Hall–Kier alpha value is -18.6. The molecule has 618 valence electrons. The molecule has 0 unspecified atom stereocenters. The van der Waals surface area contributed by atoms with Crippen molar-refractivity contribution in [3.05, 3.63) is 483 Å². The molecule has 0 bridgehead atoms. The number of benzene rings is 22. The van der Waals surface area contributed by atoms with E-state index in [1.165, 1.54) is 88.1 Å². The second-order valence-corrected chi connectivity index (χ2v) is 34.4. The number of nitriles is 4. The monoisotopic (exact) mass is 1700 g/mol. The Labute approximate surface area is 777 Å². The van der Waals surface area contributed by atoms with Crippen LogP contribution in [0.4, 0.5) is 34.1 Å². The van der Waals surface area contributed by atoms with E-state index in [9.17, 15) is 21.0 Å². The molecule has 6 nitrogen and oxygen atoms in total. The van der Waals surface area contributed by atoms with E-state index in [0.29, 0.717) is 22.3 Å². The van der Waals surface area contributed by atoms with Crippen molar-refractivity contribution >= 4 is 77.2 Å². The van der Waals surface area contributed by atoms with Gasteiger partial charge in [-0.2, -0.15) is 21.0 Å². The summed E-state index contributed by atoms with van der Waals surface area (Å²) in [6.07, 6.45) is 0. The van der Waals surface area contributed by atoms with Crippen molar-refractivity contribution < 1.29 is 0 Å². The zero-order chi connectivity index (χ0) is 89.4. The number of nitrogens with zero attached hydrogens (tertiary/aromatic N) is 6. The first-order chi connectivity index (χ1) is 66.3. The molecule has 22 aromatic rings. The molecular weight excluding hydrogens is 1620 g/mol. The summed E-state index contributed by atoms with van der Waals surface area (Å²) in [5.41, 5.74) is 39.9. The third-order valence-corrected chi connectivity index (χ3v) is 27.0. The van der Waals surface area contributed by atoms with Crippen molar-refractivity contribution in [2.75, 3.05) is 9.80 Å². The van der Waals surface area contributed by atoms with E-state index >= 15 is 0 Å². The zero-order valence-corrected chi connectivity index (χ0v) is 72.6. The topological polar surface area (TPSA) is 102 Å². The van der Waals surface area contributed by atoms with Crippen molar-refractivity contribution in [3.63, 3.8) is 0 Å². The summed E-state index contributed by atoms with van der Waals surface area (Å²) in [6.45, 7) is 0. The van der Waals surface area contributed by atoms with Gasteiger partial charge in [0.1, 0.15) is 0 Å². The van der Waals surface area contributed by atoms with Gasteiger partial charge in [-0.1, -0.05) is 334 Å². The largest absolute Gasteiger partial charge is 0.310 e. The highest BCUT2D eigenvalue weighted by Gasteiger charge is 2.35. The van der Waals surface area contributed by atoms with Crippen LogP contribution in [-0.4, -0.2) is 0 Å². The minimum Gasteiger partial charge on any atom is -0.310 e. The first kappa shape index (κ1) is 78.9. The predicted octanol–water partition coefficient (Wildman–Crippen LogP) is 34.4. The van der Waals surface area contributed by atoms with Crippen LogP contribution in [0, 0.1) is 45.3 Å². The fourth-order valence-corrected chi connectivity index (χ4v) is 21.1.